The van der Waals surface area contributed by atoms with E-state index in [1.807, 2.05) is 13.8 Å². The fraction of sp³-hybridized carbons (Fsp3) is 0.750. The molecule has 2 N–H and O–H groups in total. The SMILES string of the molecule is C=C(CC[C@@H]1C(=C)CC[C@H]2[C@@]1(C)CCC[C@]2(C)C(=O)O)C1CC=C(CC[C@@H]2C(=C)CC[C@H]3[C@@]2(C)CCC[C@]3(C)C(=O)O)CC1. The highest BCUT2D eigenvalue weighted by Gasteiger charge is 2.58. The summed E-state index contributed by atoms with van der Waals surface area (Å²) in [6.07, 6.45) is 19.8. The summed E-state index contributed by atoms with van der Waals surface area (Å²) in [5.41, 5.74) is 4.42. The third-order valence-corrected chi connectivity index (χ3v) is 14.6. The van der Waals surface area contributed by atoms with E-state index in [0.717, 1.165) is 109 Å². The summed E-state index contributed by atoms with van der Waals surface area (Å²) < 4.78 is 0. The molecule has 4 saturated carbocycles. The molecule has 0 aromatic carbocycles. The number of allylic oxidation sites excluding steroid dienone is 5. The normalized spacial score (nSPS) is 42.5. The number of carboxylic acids is 2. The Kier molecular flexibility index (Phi) is 9.26. The Hall–Kier alpha value is -2.10. The Bertz CT molecular complexity index is 1230. The van der Waals surface area contributed by atoms with Gasteiger partial charge in [-0.1, -0.05) is 74.8 Å². The van der Waals surface area contributed by atoms with Crippen LogP contribution in [0.4, 0.5) is 0 Å². The van der Waals surface area contributed by atoms with Gasteiger partial charge in [0.2, 0.25) is 0 Å². The van der Waals surface area contributed by atoms with Crippen LogP contribution in [0.3, 0.4) is 0 Å². The van der Waals surface area contributed by atoms with E-state index in [2.05, 4.69) is 39.7 Å². The third kappa shape index (κ3) is 5.59. The molecule has 0 aromatic rings. The van der Waals surface area contributed by atoms with E-state index in [0.29, 0.717) is 17.8 Å². The molecule has 0 heterocycles. The van der Waals surface area contributed by atoms with Crippen LogP contribution in [-0.4, -0.2) is 22.2 Å². The molecule has 0 radical (unpaired) electrons. The number of fused-ring (bicyclic) bond motifs is 2. The van der Waals surface area contributed by atoms with Crippen LogP contribution in [0, 0.1) is 51.2 Å². The maximum atomic E-state index is 12.4. The first-order valence-corrected chi connectivity index (χ1v) is 17.8. The molecule has 0 bridgehead atoms. The zero-order valence-electron chi connectivity index (χ0n) is 28.3. The smallest absolute Gasteiger partial charge is 0.309 e. The minimum Gasteiger partial charge on any atom is -0.481 e. The molecule has 1 unspecified atom stereocenters. The van der Waals surface area contributed by atoms with Crippen molar-refractivity contribution in [2.45, 2.75) is 137 Å². The molecule has 44 heavy (non-hydrogen) atoms. The standard InChI is InChI=1S/C40H60O4/c1-26(10-18-31-27(2)11-20-33-37(31,4)22-8-24-39(33,6)35(41)42)30-16-13-29(14-17-30)15-19-32-28(3)12-21-34-38(32,5)23-9-25-40(34,7)36(43)44/h13,30-34H,1-3,8-12,14-25H2,4-7H3,(H,41,42)(H,43,44)/t30?,31-,32-,33+,34+,37+,38+,39+,40+/m1/s1. The zero-order chi connectivity index (χ0) is 32.1. The van der Waals surface area contributed by atoms with Crippen molar-refractivity contribution in [2.75, 3.05) is 0 Å². The number of aliphatic carboxylic acids is 2. The van der Waals surface area contributed by atoms with E-state index in [1.165, 1.54) is 16.7 Å². The number of hydrogen-bond donors (Lipinski definition) is 2. The van der Waals surface area contributed by atoms with Crippen LogP contribution in [0.25, 0.3) is 0 Å². The molecule has 0 aromatic heterocycles. The van der Waals surface area contributed by atoms with Gasteiger partial charge in [0.15, 0.2) is 0 Å². The first-order chi connectivity index (χ1) is 20.7. The van der Waals surface area contributed by atoms with E-state index >= 15 is 0 Å². The number of hydrogen-bond acceptors (Lipinski definition) is 2. The summed E-state index contributed by atoms with van der Waals surface area (Å²) >= 11 is 0. The topological polar surface area (TPSA) is 74.6 Å². The molecule has 244 valence electrons. The van der Waals surface area contributed by atoms with Gasteiger partial charge in [-0.3, -0.25) is 9.59 Å². The van der Waals surface area contributed by atoms with Crippen molar-refractivity contribution in [1.29, 1.82) is 0 Å². The second-order valence-electron chi connectivity index (χ2n) is 16.8. The molecule has 0 saturated heterocycles. The quantitative estimate of drug-likeness (QED) is 0.257. The molecule has 0 aliphatic heterocycles. The van der Waals surface area contributed by atoms with Crippen molar-refractivity contribution >= 4 is 11.9 Å². The summed E-state index contributed by atoms with van der Waals surface area (Å²) in [6, 6.07) is 0. The van der Waals surface area contributed by atoms with Gasteiger partial charge in [-0.15, -0.1) is 0 Å². The third-order valence-electron chi connectivity index (χ3n) is 14.6. The molecule has 5 aliphatic rings. The summed E-state index contributed by atoms with van der Waals surface area (Å²) in [5, 5.41) is 20.3. The Morgan fingerprint density at radius 3 is 1.73 bits per heavy atom. The van der Waals surface area contributed by atoms with Crippen LogP contribution in [-0.2, 0) is 9.59 Å². The van der Waals surface area contributed by atoms with E-state index < -0.39 is 22.8 Å². The van der Waals surface area contributed by atoms with E-state index in [4.69, 9.17) is 0 Å². The number of carboxylic acid groups (broad SMARTS) is 2. The van der Waals surface area contributed by atoms with Crippen LogP contribution in [0.1, 0.15) is 137 Å². The summed E-state index contributed by atoms with van der Waals surface area (Å²) in [4.78, 5) is 24.7. The lowest BCUT2D eigenvalue weighted by molar-refractivity contribution is -0.164. The predicted molar refractivity (Wildman–Crippen MR) is 179 cm³/mol. The van der Waals surface area contributed by atoms with Crippen molar-refractivity contribution in [3.05, 3.63) is 48.1 Å². The van der Waals surface area contributed by atoms with Gasteiger partial charge in [-0.05, 0) is 151 Å². The van der Waals surface area contributed by atoms with Crippen molar-refractivity contribution < 1.29 is 19.8 Å². The highest BCUT2D eigenvalue weighted by Crippen LogP contribution is 2.63. The van der Waals surface area contributed by atoms with Gasteiger partial charge < -0.3 is 10.2 Å². The van der Waals surface area contributed by atoms with E-state index in [-0.39, 0.29) is 22.7 Å². The molecular weight excluding hydrogens is 544 g/mol. The largest absolute Gasteiger partial charge is 0.481 e. The van der Waals surface area contributed by atoms with Gasteiger partial charge in [-0.2, -0.15) is 0 Å². The predicted octanol–water partition coefficient (Wildman–Crippen LogP) is 10.6. The van der Waals surface area contributed by atoms with Crippen LogP contribution < -0.4 is 0 Å². The maximum absolute atomic E-state index is 12.4. The monoisotopic (exact) mass is 604 g/mol. The summed E-state index contributed by atoms with van der Waals surface area (Å²) in [6.45, 7) is 22.4. The van der Waals surface area contributed by atoms with Crippen molar-refractivity contribution in [1.82, 2.24) is 0 Å². The van der Waals surface area contributed by atoms with Crippen molar-refractivity contribution in [2.24, 2.45) is 51.2 Å². The Balaban J connectivity index is 1.17. The molecule has 4 heteroatoms. The molecule has 4 fully saturated rings. The Morgan fingerprint density at radius 1 is 0.773 bits per heavy atom. The molecule has 5 rings (SSSR count). The summed E-state index contributed by atoms with van der Waals surface area (Å²) in [7, 11) is 0. The second kappa shape index (κ2) is 12.3. The maximum Gasteiger partial charge on any atom is 0.309 e. The molecule has 0 amide bonds. The first kappa shape index (κ1) is 33.3. The molecule has 9 atom stereocenters. The van der Waals surface area contributed by atoms with Gasteiger partial charge in [-0.25, -0.2) is 0 Å². The molecule has 5 aliphatic carbocycles. The Morgan fingerprint density at radius 2 is 1.27 bits per heavy atom. The number of rotatable bonds is 9. The molecule has 0 spiro atoms. The lowest BCUT2D eigenvalue weighted by atomic mass is 9.46. The number of carbonyl (C=O) groups is 2. The average molecular weight is 605 g/mol. The molecule has 4 nitrogen and oxygen atoms in total. The van der Waals surface area contributed by atoms with Gasteiger partial charge in [0.25, 0.3) is 0 Å². The van der Waals surface area contributed by atoms with Gasteiger partial charge in [0.05, 0.1) is 10.8 Å². The van der Waals surface area contributed by atoms with Gasteiger partial charge in [0.1, 0.15) is 0 Å². The van der Waals surface area contributed by atoms with Crippen molar-refractivity contribution in [3.63, 3.8) is 0 Å². The highest BCUT2D eigenvalue weighted by atomic mass is 16.4. The van der Waals surface area contributed by atoms with Crippen molar-refractivity contribution in [3.8, 4) is 0 Å². The average Bonchev–Trinajstić information content (AvgIpc) is 2.96. The second-order valence-corrected chi connectivity index (χ2v) is 16.8. The minimum absolute atomic E-state index is 0.0135. The Labute approximate surface area is 267 Å². The van der Waals surface area contributed by atoms with E-state index in [9.17, 15) is 19.8 Å². The van der Waals surface area contributed by atoms with Crippen LogP contribution >= 0.6 is 0 Å². The zero-order valence-corrected chi connectivity index (χ0v) is 28.3. The van der Waals surface area contributed by atoms with Gasteiger partial charge >= 0.3 is 11.9 Å². The first-order valence-electron chi connectivity index (χ1n) is 17.8. The van der Waals surface area contributed by atoms with Crippen LogP contribution in [0.5, 0.6) is 0 Å². The fourth-order valence-corrected chi connectivity index (χ4v) is 11.8. The molecular formula is C40H60O4. The van der Waals surface area contributed by atoms with Gasteiger partial charge in [0, 0.05) is 0 Å². The van der Waals surface area contributed by atoms with Crippen LogP contribution in [0.15, 0.2) is 48.1 Å². The highest BCUT2D eigenvalue weighted by molar-refractivity contribution is 5.75. The fourth-order valence-electron chi connectivity index (χ4n) is 11.8. The van der Waals surface area contributed by atoms with Crippen LogP contribution in [0.2, 0.25) is 0 Å². The lowest BCUT2D eigenvalue weighted by Gasteiger charge is -2.57. The minimum atomic E-state index is -0.622. The summed E-state index contributed by atoms with van der Waals surface area (Å²) in [5.74, 6) is 0.529. The lowest BCUT2D eigenvalue weighted by Crippen LogP contribution is -2.53. The van der Waals surface area contributed by atoms with E-state index in [1.54, 1.807) is 5.57 Å².